The number of carbonyl (C=O) groups excluding carboxylic acids is 1. The number of aromatic nitrogens is 1. The summed E-state index contributed by atoms with van der Waals surface area (Å²) in [5, 5.41) is 1.17. The molecule has 1 aromatic heterocycles. The zero-order valence-corrected chi connectivity index (χ0v) is 13.7. The molecular formula is C19H24N2O2. The number of benzene rings is 1. The normalized spacial score (nSPS) is 20.5. The maximum atomic E-state index is 13.1. The Morgan fingerprint density at radius 2 is 2.09 bits per heavy atom. The molecule has 1 amide bonds. The summed E-state index contributed by atoms with van der Waals surface area (Å²) in [5.41, 5.74) is 2.88. The SMILES string of the molecule is CCc1c(C(=O)N2CCOC3(CCCC3)C2)[nH]c2ccccc12. The Bertz CT molecular complexity index is 728. The molecule has 1 N–H and O–H groups in total. The number of fused-ring (bicyclic) bond motifs is 1. The smallest absolute Gasteiger partial charge is 0.270 e. The lowest BCUT2D eigenvalue weighted by Crippen LogP contribution is -2.52. The van der Waals surface area contributed by atoms with E-state index in [1.165, 1.54) is 18.2 Å². The van der Waals surface area contributed by atoms with E-state index in [0.717, 1.165) is 42.6 Å². The first-order chi connectivity index (χ1) is 11.2. The highest BCUT2D eigenvalue weighted by Gasteiger charge is 2.41. The Morgan fingerprint density at radius 1 is 1.30 bits per heavy atom. The van der Waals surface area contributed by atoms with Gasteiger partial charge in [0.25, 0.3) is 5.91 Å². The topological polar surface area (TPSA) is 45.3 Å². The molecule has 122 valence electrons. The van der Waals surface area contributed by atoms with Gasteiger partial charge in [0.15, 0.2) is 0 Å². The number of aromatic amines is 1. The van der Waals surface area contributed by atoms with Crippen LogP contribution in [0.4, 0.5) is 0 Å². The number of hydrogen-bond acceptors (Lipinski definition) is 2. The summed E-state index contributed by atoms with van der Waals surface area (Å²) in [6, 6.07) is 8.18. The van der Waals surface area contributed by atoms with Crippen molar-refractivity contribution in [3.63, 3.8) is 0 Å². The number of morpholine rings is 1. The van der Waals surface area contributed by atoms with E-state index in [1.54, 1.807) is 0 Å². The molecule has 1 aliphatic heterocycles. The molecule has 2 fully saturated rings. The molecular weight excluding hydrogens is 288 g/mol. The van der Waals surface area contributed by atoms with Crippen molar-refractivity contribution < 1.29 is 9.53 Å². The number of ether oxygens (including phenoxy) is 1. The van der Waals surface area contributed by atoms with Crippen LogP contribution in [0.3, 0.4) is 0 Å². The Balaban J connectivity index is 1.66. The summed E-state index contributed by atoms with van der Waals surface area (Å²) in [5.74, 6) is 0.132. The number of hydrogen-bond donors (Lipinski definition) is 1. The molecule has 4 nitrogen and oxygen atoms in total. The number of carbonyl (C=O) groups is 1. The van der Waals surface area contributed by atoms with Gasteiger partial charge < -0.3 is 14.6 Å². The standard InChI is InChI=1S/C19H24N2O2/c1-2-14-15-7-3-4-8-16(15)20-17(14)18(22)21-11-12-23-19(13-21)9-5-6-10-19/h3-4,7-8,20H,2,5-6,9-13H2,1H3. The third-order valence-electron chi connectivity index (χ3n) is 5.43. The first-order valence-electron chi connectivity index (χ1n) is 8.75. The minimum absolute atomic E-state index is 0.0771. The number of H-pyrrole nitrogens is 1. The van der Waals surface area contributed by atoms with Gasteiger partial charge >= 0.3 is 0 Å². The number of amides is 1. The van der Waals surface area contributed by atoms with Gasteiger partial charge in [-0.25, -0.2) is 0 Å². The van der Waals surface area contributed by atoms with Crippen LogP contribution in [-0.2, 0) is 11.2 Å². The molecule has 2 aliphatic rings. The van der Waals surface area contributed by atoms with Crippen molar-refractivity contribution in [1.82, 2.24) is 9.88 Å². The molecule has 2 aromatic rings. The fourth-order valence-corrected chi connectivity index (χ4v) is 4.25. The van der Waals surface area contributed by atoms with E-state index in [2.05, 4.69) is 18.0 Å². The van der Waals surface area contributed by atoms with Gasteiger partial charge in [0.2, 0.25) is 0 Å². The van der Waals surface area contributed by atoms with E-state index in [4.69, 9.17) is 4.74 Å². The van der Waals surface area contributed by atoms with Crippen LogP contribution in [-0.4, -0.2) is 41.1 Å². The second-order valence-electron chi connectivity index (χ2n) is 6.84. The molecule has 1 saturated heterocycles. The van der Waals surface area contributed by atoms with Crippen molar-refractivity contribution in [2.45, 2.75) is 44.6 Å². The van der Waals surface area contributed by atoms with Crippen molar-refractivity contribution in [3.05, 3.63) is 35.5 Å². The summed E-state index contributed by atoms with van der Waals surface area (Å²) in [4.78, 5) is 18.5. The predicted octanol–water partition coefficient (Wildman–Crippen LogP) is 3.52. The summed E-state index contributed by atoms with van der Waals surface area (Å²) in [7, 11) is 0. The van der Waals surface area contributed by atoms with Crippen LogP contribution in [0.5, 0.6) is 0 Å². The molecule has 0 radical (unpaired) electrons. The Kier molecular flexibility index (Phi) is 3.64. The van der Waals surface area contributed by atoms with Crippen molar-refractivity contribution in [1.29, 1.82) is 0 Å². The van der Waals surface area contributed by atoms with Gasteiger partial charge in [0.1, 0.15) is 5.69 Å². The highest BCUT2D eigenvalue weighted by Crippen LogP contribution is 2.36. The molecule has 23 heavy (non-hydrogen) atoms. The quantitative estimate of drug-likeness (QED) is 0.922. The van der Waals surface area contributed by atoms with Crippen LogP contribution < -0.4 is 0 Å². The first kappa shape index (κ1) is 14.8. The van der Waals surface area contributed by atoms with Gasteiger partial charge in [-0.2, -0.15) is 0 Å². The summed E-state index contributed by atoms with van der Waals surface area (Å²) in [6.07, 6.45) is 5.47. The summed E-state index contributed by atoms with van der Waals surface area (Å²) < 4.78 is 6.05. The van der Waals surface area contributed by atoms with Crippen LogP contribution in [0.25, 0.3) is 10.9 Å². The molecule has 0 bridgehead atoms. The van der Waals surface area contributed by atoms with Gasteiger partial charge in [-0.15, -0.1) is 0 Å². The van der Waals surface area contributed by atoms with E-state index in [9.17, 15) is 4.79 Å². The second-order valence-corrected chi connectivity index (χ2v) is 6.84. The lowest BCUT2D eigenvalue weighted by molar-refractivity contribution is -0.0949. The van der Waals surface area contributed by atoms with E-state index < -0.39 is 0 Å². The first-order valence-corrected chi connectivity index (χ1v) is 8.75. The number of rotatable bonds is 2. The number of para-hydroxylation sites is 1. The molecule has 4 rings (SSSR count). The molecule has 0 unspecified atom stereocenters. The maximum absolute atomic E-state index is 13.1. The third-order valence-corrected chi connectivity index (χ3v) is 5.43. The van der Waals surface area contributed by atoms with Crippen molar-refractivity contribution in [3.8, 4) is 0 Å². The van der Waals surface area contributed by atoms with E-state index in [1.807, 2.05) is 23.1 Å². The van der Waals surface area contributed by atoms with Crippen LogP contribution in [0.15, 0.2) is 24.3 Å². The van der Waals surface area contributed by atoms with Crippen molar-refractivity contribution in [2.24, 2.45) is 0 Å². The average Bonchev–Trinajstić information content (AvgIpc) is 3.18. The zero-order chi connectivity index (χ0) is 15.9. The second kappa shape index (κ2) is 5.68. The van der Waals surface area contributed by atoms with E-state index >= 15 is 0 Å². The fourth-order valence-electron chi connectivity index (χ4n) is 4.25. The largest absolute Gasteiger partial charge is 0.371 e. The van der Waals surface area contributed by atoms with Crippen LogP contribution in [0.2, 0.25) is 0 Å². The van der Waals surface area contributed by atoms with Gasteiger partial charge in [-0.1, -0.05) is 38.0 Å². The molecule has 1 saturated carbocycles. The van der Waals surface area contributed by atoms with Crippen molar-refractivity contribution >= 4 is 16.8 Å². The minimum Gasteiger partial charge on any atom is -0.371 e. The van der Waals surface area contributed by atoms with Crippen molar-refractivity contribution in [2.75, 3.05) is 19.7 Å². The minimum atomic E-state index is -0.0771. The summed E-state index contributed by atoms with van der Waals surface area (Å²) >= 11 is 0. The molecule has 1 aliphatic carbocycles. The molecule has 4 heteroatoms. The Hall–Kier alpha value is -1.81. The molecule has 0 atom stereocenters. The Labute approximate surface area is 136 Å². The lowest BCUT2D eigenvalue weighted by Gasteiger charge is -2.40. The van der Waals surface area contributed by atoms with Gasteiger partial charge in [0.05, 0.1) is 18.8 Å². The van der Waals surface area contributed by atoms with E-state index in [-0.39, 0.29) is 11.5 Å². The number of aryl methyl sites for hydroxylation is 1. The van der Waals surface area contributed by atoms with Crippen LogP contribution in [0, 0.1) is 0 Å². The van der Waals surface area contributed by atoms with E-state index in [0.29, 0.717) is 13.2 Å². The monoisotopic (exact) mass is 312 g/mol. The lowest BCUT2D eigenvalue weighted by atomic mass is 9.99. The predicted molar refractivity (Wildman–Crippen MR) is 90.7 cm³/mol. The average molecular weight is 312 g/mol. The highest BCUT2D eigenvalue weighted by atomic mass is 16.5. The van der Waals surface area contributed by atoms with Gasteiger partial charge in [0, 0.05) is 17.4 Å². The number of nitrogens with one attached hydrogen (secondary N) is 1. The summed E-state index contributed by atoms with van der Waals surface area (Å²) in [6.45, 7) is 4.21. The highest BCUT2D eigenvalue weighted by molar-refractivity contribution is 6.01. The molecule has 1 aromatic carbocycles. The molecule has 2 heterocycles. The van der Waals surface area contributed by atoms with Gasteiger partial charge in [-0.05, 0) is 30.9 Å². The maximum Gasteiger partial charge on any atom is 0.270 e. The van der Waals surface area contributed by atoms with Gasteiger partial charge in [-0.3, -0.25) is 4.79 Å². The van der Waals surface area contributed by atoms with Crippen LogP contribution >= 0.6 is 0 Å². The molecule has 1 spiro atoms. The zero-order valence-electron chi connectivity index (χ0n) is 13.7. The Morgan fingerprint density at radius 3 is 2.87 bits per heavy atom. The van der Waals surface area contributed by atoms with Crippen LogP contribution in [0.1, 0.15) is 48.7 Å². The fraction of sp³-hybridized carbons (Fsp3) is 0.526. The number of nitrogens with zero attached hydrogens (tertiary/aromatic N) is 1. The third kappa shape index (κ3) is 2.45.